The highest BCUT2D eigenvalue weighted by Crippen LogP contribution is 2.28. The SMILES string of the molecule is N#Cc1ccc(Cl)cc1Oc1cccc(CNCCCO)c1.O=C(O)C=CC(=O)O. The highest BCUT2D eigenvalue weighted by molar-refractivity contribution is 6.30. The lowest BCUT2D eigenvalue weighted by Gasteiger charge is -2.10. The number of nitriles is 1. The molecule has 0 heterocycles. The van der Waals surface area contributed by atoms with Crippen molar-refractivity contribution in [3.63, 3.8) is 0 Å². The predicted octanol–water partition coefficient (Wildman–Crippen LogP) is 3.19. The van der Waals surface area contributed by atoms with Crippen molar-refractivity contribution in [1.29, 1.82) is 5.26 Å². The summed E-state index contributed by atoms with van der Waals surface area (Å²) in [7, 11) is 0. The van der Waals surface area contributed by atoms with Gasteiger partial charge in [-0.3, -0.25) is 0 Å². The minimum Gasteiger partial charge on any atom is -0.478 e. The third-order valence-electron chi connectivity index (χ3n) is 3.40. The van der Waals surface area contributed by atoms with E-state index < -0.39 is 11.9 Å². The van der Waals surface area contributed by atoms with Gasteiger partial charge in [-0.05, 0) is 42.8 Å². The topological polar surface area (TPSA) is 140 Å². The molecule has 0 aliphatic rings. The summed E-state index contributed by atoms with van der Waals surface area (Å²) < 4.78 is 5.77. The van der Waals surface area contributed by atoms with E-state index >= 15 is 0 Å². The lowest BCUT2D eigenvalue weighted by molar-refractivity contribution is -0.134. The van der Waals surface area contributed by atoms with Crippen molar-refractivity contribution in [2.45, 2.75) is 13.0 Å². The standard InChI is InChI=1S/C17H17ClN2O2.C4H4O4/c18-15-6-5-14(11-19)17(10-15)22-16-4-1-3-13(9-16)12-20-7-2-8-21;5-3(6)1-2-4(7)8/h1,3-6,9-10,20-21H,2,7-8,12H2;1-2H,(H,5,6)(H,7,8). The molecule has 0 saturated carbocycles. The van der Waals surface area contributed by atoms with Crippen LogP contribution in [0.1, 0.15) is 17.5 Å². The number of aliphatic carboxylic acids is 2. The third-order valence-corrected chi connectivity index (χ3v) is 3.63. The zero-order valence-electron chi connectivity index (χ0n) is 15.9. The average Bonchev–Trinajstić information content (AvgIpc) is 2.71. The van der Waals surface area contributed by atoms with Gasteiger partial charge in [-0.25, -0.2) is 9.59 Å². The number of ether oxygens (including phenoxy) is 1. The minimum atomic E-state index is -1.26. The van der Waals surface area contributed by atoms with Crippen LogP contribution >= 0.6 is 11.6 Å². The second-order valence-corrected chi connectivity index (χ2v) is 6.20. The Morgan fingerprint density at radius 2 is 1.83 bits per heavy atom. The first-order valence-electron chi connectivity index (χ1n) is 8.77. The minimum absolute atomic E-state index is 0.182. The number of hydrogen-bond donors (Lipinski definition) is 4. The summed E-state index contributed by atoms with van der Waals surface area (Å²) >= 11 is 5.95. The van der Waals surface area contributed by atoms with E-state index in [2.05, 4.69) is 11.4 Å². The number of benzene rings is 2. The lowest BCUT2D eigenvalue weighted by atomic mass is 10.2. The Balaban J connectivity index is 0.000000479. The second kappa shape index (κ2) is 13.7. The number of carbonyl (C=O) groups is 2. The summed E-state index contributed by atoms with van der Waals surface area (Å²) in [6.45, 7) is 1.63. The molecule has 0 radical (unpaired) electrons. The maximum absolute atomic E-state index is 9.55. The summed E-state index contributed by atoms with van der Waals surface area (Å²) in [6.07, 6.45) is 1.84. The van der Waals surface area contributed by atoms with Gasteiger partial charge in [0.15, 0.2) is 0 Å². The molecule has 0 fully saturated rings. The van der Waals surface area contributed by atoms with Crippen molar-refractivity contribution >= 4 is 23.5 Å². The van der Waals surface area contributed by atoms with Crippen molar-refractivity contribution < 1.29 is 29.6 Å². The molecule has 0 atom stereocenters. The normalized spacial score (nSPS) is 10.0. The fourth-order valence-corrected chi connectivity index (χ4v) is 2.26. The van der Waals surface area contributed by atoms with Crippen LogP contribution in [0.15, 0.2) is 54.6 Å². The predicted molar refractivity (Wildman–Crippen MR) is 111 cm³/mol. The Labute approximate surface area is 178 Å². The number of nitrogens with one attached hydrogen (secondary N) is 1. The van der Waals surface area contributed by atoms with Gasteiger partial charge in [0.05, 0.1) is 5.56 Å². The van der Waals surface area contributed by atoms with Gasteiger partial charge in [0.25, 0.3) is 0 Å². The first-order chi connectivity index (χ1) is 14.3. The number of rotatable bonds is 9. The van der Waals surface area contributed by atoms with Crippen molar-refractivity contribution in [1.82, 2.24) is 5.32 Å². The van der Waals surface area contributed by atoms with Gasteiger partial charge in [0.2, 0.25) is 0 Å². The number of nitrogens with zero attached hydrogens (tertiary/aromatic N) is 1. The number of halogens is 1. The van der Waals surface area contributed by atoms with Gasteiger partial charge in [-0.1, -0.05) is 23.7 Å². The molecule has 0 saturated heterocycles. The Morgan fingerprint density at radius 3 is 2.43 bits per heavy atom. The molecule has 30 heavy (non-hydrogen) atoms. The van der Waals surface area contributed by atoms with E-state index in [0.29, 0.717) is 40.8 Å². The van der Waals surface area contributed by atoms with Gasteiger partial charge in [-0.2, -0.15) is 5.26 Å². The summed E-state index contributed by atoms with van der Waals surface area (Å²) in [5, 5.41) is 37.2. The molecule has 0 amide bonds. The van der Waals surface area contributed by atoms with E-state index in [0.717, 1.165) is 18.5 Å². The van der Waals surface area contributed by atoms with E-state index in [-0.39, 0.29) is 6.61 Å². The van der Waals surface area contributed by atoms with E-state index in [1.165, 1.54) is 0 Å². The maximum Gasteiger partial charge on any atom is 0.328 e. The van der Waals surface area contributed by atoms with Crippen LogP contribution in [-0.2, 0) is 16.1 Å². The Kier molecular flexibility index (Phi) is 11.3. The summed E-state index contributed by atoms with van der Waals surface area (Å²) in [5.74, 6) is -1.42. The first-order valence-corrected chi connectivity index (χ1v) is 9.15. The van der Waals surface area contributed by atoms with Crippen LogP contribution in [0.25, 0.3) is 0 Å². The fraction of sp³-hybridized carbons (Fsp3) is 0.190. The molecule has 9 heteroatoms. The molecule has 158 valence electrons. The van der Waals surface area contributed by atoms with Gasteiger partial charge in [0.1, 0.15) is 17.6 Å². The van der Waals surface area contributed by atoms with Crippen molar-refractivity contribution in [2.75, 3.05) is 13.2 Å². The van der Waals surface area contributed by atoms with Crippen LogP contribution < -0.4 is 10.1 Å². The zero-order valence-corrected chi connectivity index (χ0v) is 16.7. The molecule has 4 N–H and O–H groups in total. The van der Waals surface area contributed by atoms with E-state index in [1.54, 1.807) is 18.2 Å². The van der Waals surface area contributed by atoms with Gasteiger partial charge < -0.3 is 25.4 Å². The molecule has 8 nitrogen and oxygen atoms in total. The first kappa shape index (κ1) is 24.7. The molecule has 0 aliphatic carbocycles. The van der Waals surface area contributed by atoms with Crippen LogP contribution in [0, 0.1) is 11.3 Å². The monoisotopic (exact) mass is 432 g/mol. The summed E-state index contributed by atoms with van der Waals surface area (Å²) in [5.41, 5.74) is 1.51. The largest absolute Gasteiger partial charge is 0.478 e. The van der Waals surface area contributed by atoms with Crippen LogP contribution in [0.2, 0.25) is 5.02 Å². The number of carboxylic acid groups (broad SMARTS) is 2. The number of aliphatic hydroxyl groups is 1. The van der Waals surface area contributed by atoms with Gasteiger partial charge in [-0.15, -0.1) is 0 Å². The molecular weight excluding hydrogens is 412 g/mol. The molecule has 2 aromatic rings. The highest BCUT2D eigenvalue weighted by Gasteiger charge is 2.06. The van der Waals surface area contributed by atoms with Crippen molar-refractivity contribution in [2.24, 2.45) is 0 Å². The van der Waals surface area contributed by atoms with Crippen LogP contribution in [0.4, 0.5) is 0 Å². The fourth-order valence-electron chi connectivity index (χ4n) is 2.10. The molecule has 0 aromatic heterocycles. The van der Waals surface area contributed by atoms with E-state index in [1.807, 2.05) is 24.3 Å². The smallest absolute Gasteiger partial charge is 0.328 e. The Morgan fingerprint density at radius 1 is 1.13 bits per heavy atom. The highest BCUT2D eigenvalue weighted by atomic mass is 35.5. The van der Waals surface area contributed by atoms with Crippen molar-refractivity contribution in [3.05, 3.63) is 70.8 Å². The van der Waals surface area contributed by atoms with Crippen molar-refractivity contribution in [3.8, 4) is 17.6 Å². The number of aliphatic hydroxyl groups excluding tert-OH is 1. The molecule has 2 aromatic carbocycles. The maximum atomic E-state index is 9.55. The summed E-state index contributed by atoms with van der Waals surface area (Å²) in [4.78, 5) is 19.1. The molecule has 2 rings (SSSR count). The van der Waals surface area contributed by atoms with Gasteiger partial charge in [0, 0.05) is 36.4 Å². The van der Waals surface area contributed by atoms with Crippen LogP contribution in [-0.4, -0.2) is 40.4 Å². The third kappa shape index (κ3) is 10.2. The Bertz CT molecular complexity index is 908. The Hall–Kier alpha value is -3.38. The molecule has 0 aliphatic heterocycles. The quantitative estimate of drug-likeness (QED) is 0.350. The average molecular weight is 433 g/mol. The molecule has 0 bridgehead atoms. The summed E-state index contributed by atoms with van der Waals surface area (Å²) in [6, 6.07) is 14.6. The number of hydrogen-bond acceptors (Lipinski definition) is 6. The molecular formula is C21H21ClN2O6. The lowest BCUT2D eigenvalue weighted by Crippen LogP contribution is -2.15. The van der Waals surface area contributed by atoms with E-state index in [9.17, 15) is 9.59 Å². The van der Waals surface area contributed by atoms with Crippen LogP contribution in [0.3, 0.4) is 0 Å². The molecule has 0 spiro atoms. The molecule has 0 unspecified atom stereocenters. The zero-order chi connectivity index (χ0) is 22.4. The number of carboxylic acids is 2. The second-order valence-electron chi connectivity index (χ2n) is 5.77. The van der Waals surface area contributed by atoms with Crippen LogP contribution in [0.5, 0.6) is 11.5 Å². The van der Waals surface area contributed by atoms with E-state index in [4.69, 9.17) is 36.9 Å². The van der Waals surface area contributed by atoms with Gasteiger partial charge >= 0.3 is 11.9 Å².